The number of para-hydroxylation sites is 1. The normalized spacial score (nSPS) is 10.1. The van der Waals surface area contributed by atoms with Crippen LogP contribution in [0, 0.1) is 0 Å². The number of nitrogens with zero attached hydrogens (tertiary/aromatic N) is 3. The molecule has 2 N–H and O–H groups in total. The Morgan fingerprint density at radius 3 is 2.78 bits per heavy atom. The van der Waals surface area contributed by atoms with Crippen LogP contribution >= 0.6 is 0 Å². The third kappa shape index (κ3) is 2.68. The molecule has 5 heteroatoms. The second-order valence-electron chi connectivity index (χ2n) is 3.97. The number of ether oxygens (including phenoxy) is 1. The Bertz CT molecular complexity index is 530. The number of anilines is 2. The highest BCUT2D eigenvalue weighted by Gasteiger charge is 2.07. The van der Waals surface area contributed by atoms with Gasteiger partial charge in [-0.25, -0.2) is 9.97 Å². The molecule has 0 aliphatic heterocycles. The van der Waals surface area contributed by atoms with Crippen LogP contribution < -0.4 is 15.4 Å². The van der Waals surface area contributed by atoms with Crippen molar-refractivity contribution in [2.24, 2.45) is 0 Å². The van der Waals surface area contributed by atoms with Crippen molar-refractivity contribution >= 4 is 11.6 Å². The summed E-state index contributed by atoms with van der Waals surface area (Å²) in [7, 11) is 3.62. The number of hydrogen-bond acceptors (Lipinski definition) is 5. The lowest BCUT2D eigenvalue weighted by atomic mass is 10.2. The Kier molecular flexibility index (Phi) is 3.62. The van der Waals surface area contributed by atoms with E-state index in [4.69, 9.17) is 10.5 Å². The van der Waals surface area contributed by atoms with Gasteiger partial charge in [-0.15, -0.1) is 0 Å². The van der Waals surface area contributed by atoms with Gasteiger partial charge in [0.15, 0.2) is 0 Å². The van der Waals surface area contributed by atoms with E-state index in [2.05, 4.69) is 9.97 Å². The summed E-state index contributed by atoms with van der Waals surface area (Å²) in [5.74, 6) is 2.12. The van der Waals surface area contributed by atoms with Crippen LogP contribution in [0.25, 0.3) is 0 Å². The molecule has 0 aliphatic rings. The first-order valence-corrected chi connectivity index (χ1v) is 5.61. The van der Waals surface area contributed by atoms with Crippen molar-refractivity contribution in [3.63, 3.8) is 0 Å². The first-order chi connectivity index (χ1) is 8.70. The molecule has 0 radical (unpaired) electrons. The largest absolute Gasteiger partial charge is 0.496 e. The van der Waals surface area contributed by atoms with E-state index in [1.165, 1.54) is 6.33 Å². The number of rotatable bonds is 4. The summed E-state index contributed by atoms with van der Waals surface area (Å²) in [6.07, 6.45) is 1.46. The van der Waals surface area contributed by atoms with Crippen LogP contribution in [0.4, 0.5) is 11.6 Å². The van der Waals surface area contributed by atoms with E-state index in [0.717, 1.165) is 17.1 Å². The van der Waals surface area contributed by atoms with Crippen LogP contribution in [-0.2, 0) is 6.54 Å². The molecule has 0 unspecified atom stereocenters. The smallest absolute Gasteiger partial charge is 0.134 e. The number of methoxy groups -OCH3 is 1. The van der Waals surface area contributed by atoms with E-state index in [1.807, 2.05) is 36.2 Å². The van der Waals surface area contributed by atoms with Gasteiger partial charge in [-0.2, -0.15) is 0 Å². The Morgan fingerprint density at radius 1 is 1.28 bits per heavy atom. The molecular weight excluding hydrogens is 228 g/mol. The van der Waals surface area contributed by atoms with Gasteiger partial charge in [0.2, 0.25) is 0 Å². The highest BCUT2D eigenvalue weighted by Crippen LogP contribution is 2.21. The fourth-order valence-electron chi connectivity index (χ4n) is 1.74. The van der Waals surface area contributed by atoms with Crippen molar-refractivity contribution < 1.29 is 4.74 Å². The highest BCUT2D eigenvalue weighted by molar-refractivity contribution is 5.47. The predicted molar refractivity (Wildman–Crippen MR) is 71.5 cm³/mol. The summed E-state index contributed by atoms with van der Waals surface area (Å²) in [4.78, 5) is 10.1. The van der Waals surface area contributed by atoms with E-state index in [9.17, 15) is 0 Å². The van der Waals surface area contributed by atoms with Crippen molar-refractivity contribution in [3.05, 3.63) is 42.2 Å². The average Bonchev–Trinajstić information content (AvgIpc) is 2.39. The van der Waals surface area contributed by atoms with E-state index >= 15 is 0 Å². The van der Waals surface area contributed by atoms with Crippen LogP contribution in [0.5, 0.6) is 5.75 Å². The Balaban J connectivity index is 2.18. The van der Waals surface area contributed by atoms with Crippen molar-refractivity contribution in [3.8, 4) is 5.75 Å². The standard InChI is InChI=1S/C13H16N4O/c1-17(13-7-12(14)15-9-16-13)8-10-5-3-4-6-11(10)18-2/h3-7,9H,8H2,1-2H3,(H2,14,15,16). The van der Waals surface area contributed by atoms with Gasteiger partial charge in [-0.3, -0.25) is 0 Å². The van der Waals surface area contributed by atoms with Crippen LogP contribution in [0.1, 0.15) is 5.56 Å². The summed E-state index contributed by atoms with van der Waals surface area (Å²) in [6.45, 7) is 0.695. The van der Waals surface area contributed by atoms with Gasteiger partial charge in [0.25, 0.3) is 0 Å². The predicted octanol–water partition coefficient (Wildman–Crippen LogP) is 1.70. The zero-order valence-electron chi connectivity index (χ0n) is 10.5. The third-order valence-electron chi connectivity index (χ3n) is 2.66. The molecule has 0 aliphatic carbocycles. The number of nitrogen functional groups attached to an aromatic ring is 1. The van der Waals surface area contributed by atoms with Gasteiger partial charge in [-0.1, -0.05) is 18.2 Å². The van der Waals surface area contributed by atoms with Gasteiger partial charge in [0.05, 0.1) is 7.11 Å². The van der Waals surface area contributed by atoms with E-state index in [0.29, 0.717) is 12.4 Å². The molecule has 0 bridgehead atoms. The molecule has 0 atom stereocenters. The van der Waals surface area contributed by atoms with E-state index in [1.54, 1.807) is 13.2 Å². The van der Waals surface area contributed by atoms with Gasteiger partial charge in [-0.05, 0) is 6.07 Å². The number of benzene rings is 1. The molecule has 94 valence electrons. The second kappa shape index (κ2) is 5.35. The molecular formula is C13H16N4O. The van der Waals surface area contributed by atoms with E-state index < -0.39 is 0 Å². The first-order valence-electron chi connectivity index (χ1n) is 5.61. The van der Waals surface area contributed by atoms with Crippen LogP contribution in [0.3, 0.4) is 0 Å². The maximum atomic E-state index is 5.64. The Morgan fingerprint density at radius 2 is 2.06 bits per heavy atom. The molecule has 5 nitrogen and oxygen atoms in total. The van der Waals surface area contributed by atoms with Crippen molar-refractivity contribution in [1.29, 1.82) is 0 Å². The fourth-order valence-corrected chi connectivity index (χ4v) is 1.74. The van der Waals surface area contributed by atoms with Gasteiger partial charge in [0, 0.05) is 25.2 Å². The van der Waals surface area contributed by atoms with Crippen molar-refractivity contribution in [2.45, 2.75) is 6.54 Å². The molecule has 0 fully saturated rings. The SMILES string of the molecule is COc1ccccc1CN(C)c1cc(N)ncn1. The number of nitrogens with two attached hydrogens (primary N) is 1. The maximum Gasteiger partial charge on any atom is 0.134 e. The molecule has 0 saturated heterocycles. The minimum Gasteiger partial charge on any atom is -0.496 e. The minimum atomic E-state index is 0.465. The zero-order chi connectivity index (χ0) is 13.0. The monoisotopic (exact) mass is 244 g/mol. The van der Waals surface area contributed by atoms with Gasteiger partial charge >= 0.3 is 0 Å². The summed E-state index contributed by atoms with van der Waals surface area (Å²) in [6, 6.07) is 9.65. The summed E-state index contributed by atoms with van der Waals surface area (Å²) >= 11 is 0. The van der Waals surface area contributed by atoms with Crippen LogP contribution in [0.2, 0.25) is 0 Å². The lowest BCUT2D eigenvalue weighted by Gasteiger charge is -2.19. The lowest BCUT2D eigenvalue weighted by molar-refractivity contribution is 0.409. The van der Waals surface area contributed by atoms with Crippen LogP contribution in [0.15, 0.2) is 36.7 Å². The quantitative estimate of drug-likeness (QED) is 0.886. The van der Waals surface area contributed by atoms with E-state index in [-0.39, 0.29) is 0 Å². The third-order valence-corrected chi connectivity index (χ3v) is 2.66. The molecule has 1 aromatic heterocycles. The summed E-state index contributed by atoms with van der Waals surface area (Å²) in [5.41, 5.74) is 6.74. The zero-order valence-corrected chi connectivity index (χ0v) is 10.5. The first kappa shape index (κ1) is 12.2. The van der Waals surface area contributed by atoms with Crippen LogP contribution in [-0.4, -0.2) is 24.1 Å². The van der Waals surface area contributed by atoms with Gasteiger partial charge in [0.1, 0.15) is 23.7 Å². The molecule has 2 rings (SSSR count). The molecule has 0 saturated carbocycles. The Labute approximate surface area is 106 Å². The van der Waals surface area contributed by atoms with Gasteiger partial charge < -0.3 is 15.4 Å². The molecule has 1 aromatic carbocycles. The molecule has 2 aromatic rings. The fraction of sp³-hybridized carbons (Fsp3) is 0.231. The molecule has 1 heterocycles. The average molecular weight is 244 g/mol. The molecule has 0 amide bonds. The molecule has 0 spiro atoms. The van der Waals surface area contributed by atoms with Crippen molar-refractivity contribution in [1.82, 2.24) is 9.97 Å². The second-order valence-corrected chi connectivity index (χ2v) is 3.97. The topological polar surface area (TPSA) is 64.3 Å². The van der Waals surface area contributed by atoms with Crippen molar-refractivity contribution in [2.75, 3.05) is 24.8 Å². The lowest BCUT2D eigenvalue weighted by Crippen LogP contribution is -2.18. The molecule has 18 heavy (non-hydrogen) atoms. The number of hydrogen-bond donors (Lipinski definition) is 1. The number of aromatic nitrogens is 2. The highest BCUT2D eigenvalue weighted by atomic mass is 16.5. The Hall–Kier alpha value is -2.30. The summed E-state index contributed by atoms with van der Waals surface area (Å²) in [5, 5.41) is 0. The minimum absolute atomic E-state index is 0.465. The maximum absolute atomic E-state index is 5.64. The summed E-state index contributed by atoms with van der Waals surface area (Å²) < 4.78 is 5.32.